The van der Waals surface area contributed by atoms with Crippen LogP contribution in [0.2, 0.25) is 0 Å². The molecular formula is C19H31NO4. The molecule has 0 aliphatic heterocycles. The number of rotatable bonds is 7. The Labute approximate surface area is 144 Å². The van der Waals surface area contributed by atoms with Gasteiger partial charge in [-0.05, 0) is 58.3 Å². The summed E-state index contributed by atoms with van der Waals surface area (Å²) in [5.41, 5.74) is 0.560. The molecule has 0 unspecified atom stereocenters. The van der Waals surface area contributed by atoms with Gasteiger partial charge in [-0.3, -0.25) is 4.79 Å². The van der Waals surface area contributed by atoms with Crippen molar-refractivity contribution in [2.75, 3.05) is 6.54 Å². The highest BCUT2D eigenvalue weighted by molar-refractivity contribution is 5.70. The smallest absolute Gasteiger partial charge is 0.407 e. The van der Waals surface area contributed by atoms with Crippen LogP contribution in [-0.2, 0) is 9.53 Å². The van der Waals surface area contributed by atoms with E-state index in [9.17, 15) is 14.7 Å². The fourth-order valence-electron chi connectivity index (χ4n) is 4.19. The Morgan fingerprint density at radius 2 is 2.12 bits per heavy atom. The first kappa shape index (κ1) is 18.8. The summed E-state index contributed by atoms with van der Waals surface area (Å²) in [7, 11) is 0. The normalized spacial score (nSPS) is 28.6. The number of hydrogen-bond donors (Lipinski definition) is 2. The molecule has 0 aromatic heterocycles. The third-order valence-corrected chi connectivity index (χ3v) is 5.16. The number of ether oxygens (including phenoxy) is 1. The molecule has 1 amide bonds. The topological polar surface area (TPSA) is 75.6 Å². The van der Waals surface area contributed by atoms with Crippen LogP contribution < -0.4 is 5.32 Å². The molecule has 2 rings (SSSR count). The average molecular weight is 337 g/mol. The number of alkyl carbamates (subject to hydrolysis) is 1. The van der Waals surface area contributed by atoms with Crippen molar-refractivity contribution in [2.45, 2.75) is 71.8 Å². The second kappa shape index (κ2) is 7.16. The summed E-state index contributed by atoms with van der Waals surface area (Å²) in [4.78, 5) is 23.3. The number of hydrogen-bond acceptors (Lipinski definition) is 3. The van der Waals surface area contributed by atoms with Crippen molar-refractivity contribution < 1.29 is 19.4 Å². The van der Waals surface area contributed by atoms with E-state index < -0.39 is 17.7 Å². The molecule has 1 saturated carbocycles. The maximum absolute atomic E-state index is 11.9. The number of carboxylic acid groups (broad SMARTS) is 1. The predicted octanol–water partition coefficient (Wildman–Crippen LogP) is 4.13. The summed E-state index contributed by atoms with van der Waals surface area (Å²) < 4.78 is 5.28. The second-order valence-corrected chi connectivity index (χ2v) is 8.41. The van der Waals surface area contributed by atoms with E-state index in [-0.39, 0.29) is 17.8 Å². The SMILES string of the molecule is CCCCC1=C[C@H]2[C@H](C1)C[C@@]2(CNC(=O)OC(C)(C)C)CC(=O)O. The highest BCUT2D eigenvalue weighted by Crippen LogP contribution is 2.60. The molecule has 2 N–H and O–H groups in total. The lowest BCUT2D eigenvalue weighted by Gasteiger charge is -2.51. The van der Waals surface area contributed by atoms with E-state index >= 15 is 0 Å². The zero-order valence-electron chi connectivity index (χ0n) is 15.4. The minimum atomic E-state index is -0.796. The third-order valence-electron chi connectivity index (χ3n) is 5.16. The summed E-state index contributed by atoms with van der Waals surface area (Å²) >= 11 is 0. The van der Waals surface area contributed by atoms with Gasteiger partial charge in [-0.25, -0.2) is 4.79 Å². The van der Waals surface area contributed by atoms with Crippen molar-refractivity contribution in [3.05, 3.63) is 11.6 Å². The first-order valence-electron chi connectivity index (χ1n) is 9.03. The highest BCUT2D eigenvalue weighted by atomic mass is 16.6. The average Bonchev–Trinajstić information content (AvgIpc) is 2.77. The van der Waals surface area contributed by atoms with Crippen molar-refractivity contribution in [1.82, 2.24) is 5.32 Å². The maximum atomic E-state index is 11.9. The fourth-order valence-corrected chi connectivity index (χ4v) is 4.19. The number of unbranched alkanes of at least 4 members (excludes halogenated alkanes) is 1. The first-order chi connectivity index (χ1) is 11.1. The molecule has 1 fully saturated rings. The van der Waals surface area contributed by atoms with Crippen molar-refractivity contribution in [3.63, 3.8) is 0 Å². The van der Waals surface area contributed by atoms with Crippen LogP contribution in [-0.4, -0.2) is 29.3 Å². The van der Waals surface area contributed by atoms with Crippen molar-refractivity contribution in [3.8, 4) is 0 Å². The number of amides is 1. The van der Waals surface area contributed by atoms with Crippen LogP contribution in [0.1, 0.15) is 66.2 Å². The van der Waals surface area contributed by atoms with E-state index in [0.717, 1.165) is 19.3 Å². The molecule has 0 aromatic rings. The Kier molecular flexibility index (Phi) is 5.61. The fraction of sp³-hybridized carbons (Fsp3) is 0.789. The highest BCUT2D eigenvalue weighted by Gasteiger charge is 2.55. The van der Waals surface area contributed by atoms with E-state index in [1.54, 1.807) is 0 Å². The Hall–Kier alpha value is -1.52. The van der Waals surface area contributed by atoms with Crippen molar-refractivity contribution >= 4 is 12.1 Å². The molecule has 0 heterocycles. The quantitative estimate of drug-likeness (QED) is 0.685. The van der Waals surface area contributed by atoms with E-state index in [2.05, 4.69) is 18.3 Å². The molecule has 0 radical (unpaired) electrons. The van der Waals surface area contributed by atoms with Crippen LogP contribution in [0.3, 0.4) is 0 Å². The predicted molar refractivity (Wildman–Crippen MR) is 92.7 cm³/mol. The molecule has 136 valence electrons. The molecule has 2 aliphatic carbocycles. The van der Waals surface area contributed by atoms with E-state index in [1.165, 1.54) is 18.4 Å². The minimum Gasteiger partial charge on any atom is -0.481 e. The third kappa shape index (κ3) is 4.52. The lowest BCUT2D eigenvalue weighted by atomic mass is 9.53. The molecule has 0 bridgehead atoms. The van der Waals surface area contributed by atoms with Crippen LogP contribution in [0.4, 0.5) is 4.79 Å². The van der Waals surface area contributed by atoms with Crippen LogP contribution in [0.15, 0.2) is 11.6 Å². The van der Waals surface area contributed by atoms with Crippen LogP contribution in [0.5, 0.6) is 0 Å². The molecular weight excluding hydrogens is 306 g/mol. The Morgan fingerprint density at radius 3 is 2.71 bits per heavy atom. The van der Waals surface area contributed by atoms with Gasteiger partial charge in [0.15, 0.2) is 0 Å². The van der Waals surface area contributed by atoms with Gasteiger partial charge in [-0.15, -0.1) is 0 Å². The second-order valence-electron chi connectivity index (χ2n) is 8.41. The summed E-state index contributed by atoms with van der Waals surface area (Å²) in [6.07, 6.45) is 7.37. The Balaban J connectivity index is 2.00. The number of carbonyl (C=O) groups excluding carboxylic acids is 1. The number of nitrogens with one attached hydrogen (secondary N) is 1. The van der Waals surface area contributed by atoms with Gasteiger partial charge in [0.25, 0.3) is 0 Å². The summed E-state index contributed by atoms with van der Waals surface area (Å²) in [5.74, 6) is 0.0295. The largest absolute Gasteiger partial charge is 0.481 e. The molecule has 5 nitrogen and oxygen atoms in total. The van der Waals surface area contributed by atoms with Crippen LogP contribution in [0.25, 0.3) is 0 Å². The standard InChI is InChI=1S/C19H31NO4/c1-5-6-7-13-8-14-10-19(11-16(21)22,15(14)9-13)12-20-17(23)24-18(2,3)4/h9,14-15H,5-8,10-12H2,1-4H3,(H,20,23)(H,21,22)/t14-,15+,19+/m1/s1. The number of aliphatic carboxylic acids is 1. The first-order valence-corrected chi connectivity index (χ1v) is 9.03. The molecule has 2 aliphatic rings. The Morgan fingerprint density at radius 1 is 1.42 bits per heavy atom. The molecule has 3 atom stereocenters. The summed E-state index contributed by atoms with van der Waals surface area (Å²) in [6, 6.07) is 0. The lowest BCUT2D eigenvalue weighted by molar-refractivity contribution is -0.144. The Bertz CT molecular complexity index is 520. The molecule has 24 heavy (non-hydrogen) atoms. The monoisotopic (exact) mass is 337 g/mol. The van der Waals surface area contributed by atoms with Crippen molar-refractivity contribution in [2.24, 2.45) is 17.3 Å². The minimum absolute atomic E-state index is 0.0987. The van der Waals surface area contributed by atoms with Gasteiger partial charge in [0, 0.05) is 12.0 Å². The zero-order chi connectivity index (χ0) is 18.0. The van der Waals surface area contributed by atoms with Crippen molar-refractivity contribution in [1.29, 1.82) is 0 Å². The van der Waals surface area contributed by atoms with Gasteiger partial charge < -0.3 is 15.2 Å². The zero-order valence-corrected chi connectivity index (χ0v) is 15.4. The van der Waals surface area contributed by atoms with E-state index in [0.29, 0.717) is 12.5 Å². The number of carbonyl (C=O) groups is 2. The van der Waals surface area contributed by atoms with Gasteiger partial charge >= 0.3 is 12.1 Å². The molecule has 0 spiro atoms. The number of allylic oxidation sites excluding steroid dienone is 2. The maximum Gasteiger partial charge on any atom is 0.407 e. The van der Waals surface area contributed by atoms with Crippen LogP contribution >= 0.6 is 0 Å². The van der Waals surface area contributed by atoms with Gasteiger partial charge in [0.2, 0.25) is 0 Å². The van der Waals surface area contributed by atoms with Gasteiger partial charge in [-0.1, -0.05) is 25.0 Å². The molecule has 0 saturated heterocycles. The lowest BCUT2D eigenvalue weighted by Crippen LogP contribution is -2.53. The van der Waals surface area contributed by atoms with Gasteiger partial charge in [0.1, 0.15) is 5.60 Å². The van der Waals surface area contributed by atoms with E-state index in [1.807, 2.05) is 20.8 Å². The van der Waals surface area contributed by atoms with Gasteiger partial charge in [-0.2, -0.15) is 0 Å². The summed E-state index contributed by atoms with van der Waals surface area (Å²) in [6.45, 7) is 8.01. The molecule has 5 heteroatoms. The van der Waals surface area contributed by atoms with Gasteiger partial charge in [0.05, 0.1) is 6.42 Å². The van der Waals surface area contributed by atoms with E-state index in [4.69, 9.17) is 4.74 Å². The number of fused-ring (bicyclic) bond motifs is 1. The molecule has 0 aromatic carbocycles. The number of carboxylic acids is 1. The van der Waals surface area contributed by atoms with Crippen LogP contribution in [0, 0.1) is 17.3 Å². The summed E-state index contributed by atoms with van der Waals surface area (Å²) in [5, 5.41) is 12.1.